The lowest BCUT2D eigenvalue weighted by atomic mass is 9.99. The first-order chi connectivity index (χ1) is 35.8. The van der Waals surface area contributed by atoms with E-state index in [0.717, 1.165) is 64.2 Å². The van der Waals surface area contributed by atoms with Crippen molar-refractivity contribution in [1.29, 1.82) is 0 Å². The van der Waals surface area contributed by atoms with Crippen LogP contribution < -0.4 is 5.32 Å². The molecule has 1 aliphatic rings. The SMILES string of the molecule is CCCCCCC/C=C\C/C=C\C/C=C\CCCCCCCCCCCCCCCCCCCCC(=O)NC(COC1OC(CO)C(O)C(O)C1O)C(O)/C=C/CC/C=C/CC/C=C/CCCCCCCCC. The highest BCUT2D eigenvalue weighted by molar-refractivity contribution is 5.76. The minimum absolute atomic E-state index is 0.190. The zero-order valence-corrected chi connectivity index (χ0v) is 47.1. The number of aliphatic hydroxyl groups excluding tert-OH is 5. The van der Waals surface area contributed by atoms with Crippen molar-refractivity contribution in [3.63, 3.8) is 0 Å². The summed E-state index contributed by atoms with van der Waals surface area (Å²) in [6.07, 6.45) is 67.0. The molecule has 7 atom stereocenters. The van der Waals surface area contributed by atoms with Gasteiger partial charge in [0, 0.05) is 6.42 Å². The predicted octanol–water partition coefficient (Wildman–Crippen LogP) is 15.6. The zero-order valence-electron chi connectivity index (χ0n) is 47.1. The topological polar surface area (TPSA) is 149 Å². The summed E-state index contributed by atoms with van der Waals surface area (Å²) in [4.78, 5) is 13.1. The van der Waals surface area contributed by atoms with Crippen molar-refractivity contribution in [1.82, 2.24) is 5.32 Å². The van der Waals surface area contributed by atoms with Crippen LogP contribution in [0.3, 0.4) is 0 Å². The smallest absolute Gasteiger partial charge is 0.220 e. The summed E-state index contributed by atoms with van der Waals surface area (Å²) in [6, 6.07) is -0.830. The molecule has 0 aromatic rings. The third-order valence-corrected chi connectivity index (χ3v) is 14.2. The number of allylic oxidation sites excluding steroid dienone is 11. The van der Waals surface area contributed by atoms with Gasteiger partial charge in [-0.2, -0.15) is 0 Å². The average Bonchev–Trinajstić information content (AvgIpc) is 3.39. The van der Waals surface area contributed by atoms with Crippen LogP contribution in [0.4, 0.5) is 0 Å². The number of aliphatic hydroxyl groups is 5. The molecular formula is C64H115NO8. The molecule has 0 spiro atoms. The second-order valence-corrected chi connectivity index (χ2v) is 21.1. The second kappa shape index (κ2) is 53.0. The molecule has 0 bridgehead atoms. The van der Waals surface area contributed by atoms with Crippen LogP contribution >= 0.6 is 0 Å². The van der Waals surface area contributed by atoms with E-state index in [1.54, 1.807) is 6.08 Å². The molecule has 0 saturated carbocycles. The van der Waals surface area contributed by atoms with Crippen LogP contribution in [0.15, 0.2) is 72.9 Å². The molecule has 424 valence electrons. The Labute approximate surface area is 448 Å². The van der Waals surface area contributed by atoms with Crippen molar-refractivity contribution in [2.24, 2.45) is 0 Å². The number of nitrogens with one attached hydrogen (secondary N) is 1. The van der Waals surface area contributed by atoms with Crippen molar-refractivity contribution < 1.29 is 39.8 Å². The lowest BCUT2D eigenvalue weighted by Gasteiger charge is -2.40. The number of hydrogen-bond acceptors (Lipinski definition) is 8. The molecule has 1 aliphatic heterocycles. The van der Waals surface area contributed by atoms with Crippen LogP contribution in [0.1, 0.15) is 271 Å². The largest absolute Gasteiger partial charge is 0.394 e. The Kier molecular flexibility index (Phi) is 49.9. The van der Waals surface area contributed by atoms with Gasteiger partial charge in [-0.3, -0.25) is 4.79 Å². The van der Waals surface area contributed by atoms with E-state index >= 15 is 0 Å². The summed E-state index contributed by atoms with van der Waals surface area (Å²) in [5, 5.41) is 54.5. The second-order valence-electron chi connectivity index (χ2n) is 21.1. The first-order valence-corrected chi connectivity index (χ1v) is 30.7. The Bertz CT molecular complexity index is 1380. The van der Waals surface area contributed by atoms with E-state index in [1.165, 1.54) is 186 Å². The molecule has 1 saturated heterocycles. The third-order valence-electron chi connectivity index (χ3n) is 14.2. The van der Waals surface area contributed by atoms with Crippen LogP contribution in [0.25, 0.3) is 0 Å². The van der Waals surface area contributed by atoms with Crippen molar-refractivity contribution in [2.45, 2.75) is 314 Å². The van der Waals surface area contributed by atoms with Gasteiger partial charge in [-0.25, -0.2) is 0 Å². The monoisotopic (exact) mass is 1030 g/mol. The van der Waals surface area contributed by atoms with Gasteiger partial charge in [0.1, 0.15) is 24.4 Å². The maximum absolute atomic E-state index is 13.1. The molecule has 0 radical (unpaired) electrons. The van der Waals surface area contributed by atoms with Gasteiger partial charge in [-0.05, 0) is 83.5 Å². The van der Waals surface area contributed by atoms with Gasteiger partial charge in [0.05, 0.1) is 25.4 Å². The number of unbranched alkanes of at least 4 members (excludes halogenated alkanes) is 32. The molecule has 0 aliphatic carbocycles. The highest BCUT2D eigenvalue weighted by atomic mass is 16.7. The minimum atomic E-state index is -1.58. The summed E-state index contributed by atoms with van der Waals surface area (Å²) in [5.74, 6) is -0.190. The van der Waals surface area contributed by atoms with Gasteiger partial charge in [0.2, 0.25) is 5.91 Å². The Balaban J connectivity index is 2.16. The lowest BCUT2D eigenvalue weighted by Crippen LogP contribution is -2.60. The Hall–Kier alpha value is -2.37. The number of amides is 1. The first-order valence-electron chi connectivity index (χ1n) is 30.7. The van der Waals surface area contributed by atoms with E-state index in [1.807, 2.05) is 6.08 Å². The predicted molar refractivity (Wildman–Crippen MR) is 309 cm³/mol. The molecular weight excluding hydrogens is 911 g/mol. The molecule has 1 fully saturated rings. The molecule has 9 heteroatoms. The normalized spacial score (nSPS) is 19.6. The first kappa shape index (κ1) is 68.6. The molecule has 9 nitrogen and oxygen atoms in total. The summed E-state index contributed by atoms with van der Waals surface area (Å²) in [7, 11) is 0. The molecule has 73 heavy (non-hydrogen) atoms. The van der Waals surface area contributed by atoms with Crippen molar-refractivity contribution in [3.05, 3.63) is 72.9 Å². The standard InChI is InChI=1S/C64H115NO8/c1-3-5-7-9-11-13-15-17-19-21-22-23-24-25-26-27-28-29-30-31-32-33-34-35-36-38-40-42-44-46-48-50-52-54-60(68)65-57(56-72-64-63(71)62(70)61(69)59(55-66)73-64)58(67)53-51-49-47-45-43-41-39-37-20-18-16-14-12-10-8-6-4-2/h15,17,20-22,24-25,37,43,45,51,53,57-59,61-64,66-67,69-71H,3-14,16,18-19,23,26-36,38-42,44,46-50,52,54-56H2,1-2H3,(H,65,68)/b17-15-,22-21-,25-24-,37-20+,45-43+,53-51+. The van der Waals surface area contributed by atoms with Crippen LogP contribution in [0, 0.1) is 0 Å². The molecule has 7 unspecified atom stereocenters. The number of carbonyl (C=O) groups excluding carboxylic acids is 1. The highest BCUT2D eigenvalue weighted by Gasteiger charge is 2.44. The summed E-state index contributed by atoms with van der Waals surface area (Å²) >= 11 is 0. The molecule has 0 aromatic heterocycles. The fraction of sp³-hybridized carbons (Fsp3) is 0.797. The van der Waals surface area contributed by atoms with Crippen molar-refractivity contribution in [2.75, 3.05) is 13.2 Å². The number of rotatable bonds is 52. The number of ether oxygens (including phenoxy) is 2. The lowest BCUT2D eigenvalue weighted by molar-refractivity contribution is -0.302. The maximum atomic E-state index is 13.1. The van der Waals surface area contributed by atoms with E-state index < -0.39 is 49.5 Å². The van der Waals surface area contributed by atoms with E-state index in [-0.39, 0.29) is 12.5 Å². The van der Waals surface area contributed by atoms with Gasteiger partial charge < -0.3 is 40.3 Å². The molecule has 1 amide bonds. The average molecular weight is 1030 g/mol. The minimum Gasteiger partial charge on any atom is -0.394 e. The molecule has 6 N–H and O–H groups in total. The maximum Gasteiger partial charge on any atom is 0.220 e. The Morgan fingerprint density at radius 3 is 1.25 bits per heavy atom. The summed E-state index contributed by atoms with van der Waals surface area (Å²) < 4.78 is 11.3. The summed E-state index contributed by atoms with van der Waals surface area (Å²) in [5.41, 5.74) is 0. The third kappa shape index (κ3) is 42.4. The molecule has 0 aromatic carbocycles. The fourth-order valence-corrected chi connectivity index (χ4v) is 9.37. The van der Waals surface area contributed by atoms with Gasteiger partial charge in [0.25, 0.3) is 0 Å². The van der Waals surface area contributed by atoms with Crippen LogP contribution in [-0.4, -0.2) is 87.5 Å². The van der Waals surface area contributed by atoms with Crippen molar-refractivity contribution in [3.8, 4) is 0 Å². The molecule has 1 rings (SSSR count). The van der Waals surface area contributed by atoms with Gasteiger partial charge in [-0.1, -0.05) is 254 Å². The van der Waals surface area contributed by atoms with E-state index in [0.29, 0.717) is 6.42 Å². The van der Waals surface area contributed by atoms with E-state index in [9.17, 15) is 30.3 Å². The van der Waals surface area contributed by atoms with Gasteiger partial charge in [0.15, 0.2) is 6.29 Å². The van der Waals surface area contributed by atoms with E-state index in [2.05, 4.69) is 79.9 Å². The van der Waals surface area contributed by atoms with Gasteiger partial charge in [-0.15, -0.1) is 0 Å². The van der Waals surface area contributed by atoms with Crippen molar-refractivity contribution >= 4 is 5.91 Å². The van der Waals surface area contributed by atoms with Crippen LogP contribution in [0.2, 0.25) is 0 Å². The Morgan fingerprint density at radius 2 is 0.822 bits per heavy atom. The quantitative estimate of drug-likeness (QED) is 0.0261. The highest BCUT2D eigenvalue weighted by Crippen LogP contribution is 2.23. The van der Waals surface area contributed by atoms with Gasteiger partial charge >= 0.3 is 0 Å². The molecule has 1 heterocycles. The number of carbonyl (C=O) groups is 1. The van der Waals surface area contributed by atoms with Crippen LogP contribution in [-0.2, 0) is 14.3 Å². The van der Waals surface area contributed by atoms with Crippen LogP contribution in [0.5, 0.6) is 0 Å². The fourth-order valence-electron chi connectivity index (χ4n) is 9.37. The van der Waals surface area contributed by atoms with E-state index in [4.69, 9.17) is 9.47 Å². The zero-order chi connectivity index (χ0) is 52.9. The Morgan fingerprint density at radius 1 is 0.466 bits per heavy atom. The summed E-state index contributed by atoms with van der Waals surface area (Å²) in [6.45, 7) is 3.75. The number of hydrogen-bond donors (Lipinski definition) is 6.